The number of benzene rings is 2. The summed E-state index contributed by atoms with van der Waals surface area (Å²) >= 11 is 0. The van der Waals surface area contributed by atoms with Crippen LogP contribution in [0.4, 0.5) is 4.39 Å². The maximum atomic E-state index is 13.3. The molecule has 1 heterocycles. The second kappa shape index (κ2) is 8.23. The van der Waals surface area contributed by atoms with E-state index in [0.29, 0.717) is 38.3 Å². The zero-order valence-electron chi connectivity index (χ0n) is 15.0. The van der Waals surface area contributed by atoms with E-state index in [1.54, 1.807) is 17.0 Å². The van der Waals surface area contributed by atoms with Gasteiger partial charge in [0.25, 0.3) is 5.91 Å². The van der Waals surface area contributed by atoms with Crippen molar-refractivity contribution in [1.82, 2.24) is 9.80 Å². The smallest absolute Gasteiger partial charge is 0.254 e. The van der Waals surface area contributed by atoms with Gasteiger partial charge < -0.3 is 4.90 Å². The molecule has 0 aromatic heterocycles. The second-order valence-corrected chi connectivity index (χ2v) is 6.55. The molecular formula is C21H23FN2O2. The number of aryl methyl sites for hydroxylation is 1. The Hall–Kier alpha value is -2.53. The first-order valence-corrected chi connectivity index (χ1v) is 8.96. The fraction of sp³-hybridized carbons (Fsp3) is 0.333. The molecule has 0 saturated carbocycles. The Morgan fingerprint density at radius 1 is 0.962 bits per heavy atom. The van der Waals surface area contributed by atoms with E-state index in [-0.39, 0.29) is 11.7 Å². The van der Waals surface area contributed by atoms with Crippen LogP contribution in [0.15, 0.2) is 48.5 Å². The summed E-state index contributed by atoms with van der Waals surface area (Å²) in [6.07, 6.45) is 0.954. The van der Waals surface area contributed by atoms with Crippen molar-refractivity contribution in [3.05, 3.63) is 71.0 Å². The van der Waals surface area contributed by atoms with Crippen molar-refractivity contribution in [3.63, 3.8) is 0 Å². The van der Waals surface area contributed by atoms with Crippen molar-refractivity contribution in [1.29, 1.82) is 0 Å². The first-order chi connectivity index (χ1) is 12.6. The van der Waals surface area contributed by atoms with Crippen LogP contribution in [0.25, 0.3) is 0 Å². The summed E-state index contributed by atoms with van der Waals surface area (Å²) in [6, 6.07) is 13.5. The van der Waals surface area contributed by atoms with Crippen LogP contribution >= 0.6 is 0 Å². The van der Waals surface area contributed by atoms with Gasteiger partial charge in [0.15, 0.2) is 5.78 Å². The van der Waals surface area contributed by atoms with Crippen LogP contribution in [-0.2, 0) is 6.42 Å². The third-order valence-electron chi connectivity index (χ3n) is 4.78. The lowest BCUT2D eigenvalue weighted by atomic mass is 10.1. The van der Waals surface area contributed by atoms with E-state index in [0.717, 1.165) is 12.0 Å². The van der Waals surface area contributed by atoms with Crippen molar-refractivity contribution in [2.24, 2.45) is 0 Å². The highest BCUT2D eigenvalue weighted by atomic mass is 19.1. The maximum Gasteiger partial charge on any atom is 0.254 e. The van der Waals surface area contributed by atoms with Gasteiger partial charge in [0, 0.05) is 37.3 Å². The topological polar surface area (TPSA) is 40.6 Å². The molecule has 3 rings (SSSR count). The van der Waals surface area contributed by atoms with Gasteiger partial charge in [-0.3, -0.25) is 14.5 Å². The number of piperazine rings is 1. The van der Waals surface area contributed by atoms with Crippen LogP contribution in [0.1, 0.15) is 33.2 Å². The summed E-state index contributed by atoms with van der Waals surface area (Å²) < 4.78 is 13.3. The molecule has 26 heavy (non-hydrogen) atoms. The number of Topliss-reactive ketones (excluding diaryl/α,β-unsaturated/α-hetero) is 1. The predicted octanol–water partition coefficient (Wildman–Crippen LogP) is 3.03. The van der Waals surface area contributed by atoms with Crippen LogP contribution in [0.5, 0.6) is 0 Å². The Morgan fingerprint density at radius 3 is 2.27 bits per heavy atom. The van der Waals surface area contributed by atoms with Crippen LogP contribution < -0.4 is 0 Å². The Kier molecular flexibility index (Phi) is 5.78. The zero-order chi connectivity index (χ0) is 18.5. The molecule has 0 aliphatic carbocycles. The van der Waals surface area contributed by atoms with Gasteiger partial charge in [0.2, 0.25) is 0 Å². The molecule has 0 atom stereocenters. The van der Waals surface area contributed by atoms with Crippen LogP contribution in [0.3, 0.4) is 0 Å². The van der Waals surface area contributed by atoms with Crippen molar-refractivity contribution < 1.29 is 14.0 Å². The normalized spacial score (nSPS) is 15.1. The molecule has 0 radical (unpaired) electrons. The van der Waals surface area contributed by atoms with Crippen molar-refractivity contribution in [3.8, 4) is 0 Å². The van der Waals surface area contributed by atoms with Gasteiger partial charge in [0.05, 0.1) is 6.54 Å². The molecule has 136 valence electrons. The monoisotopic (exact) mass is 354 g/mol. The van der Waals surface area contributed by atoms with Gasteiger partial charge in [-0.15, -0.1) is 0 Å². The second-order valence-electron chi connectivity index (χ2n) is 6.55. The molecule has 1 aliphatic rings. The van der Waals surface area contributed by atoms with E-state index >= 15 is 0 Å². The van der Waals surface area contributed by atoms with E-state index in [2.05, 4.69) is 11.8 Å². The number of rotatable bonds is 5. The van der Waals surface area contributed by atoms with E-state index in [1.807, 2.05) is 24.3 Å². The van der Waals surface area contributed by atoms with E-state index in [4.69, 9.17) is 0 Å². The first kappa shape index (κ1) is 18.3. The highest BCUT2D eigenvalue weighted by Gasteiger charge is 2.23. The molecule has 1 amide bonds. The molecule has 1 fully saturated rings. The Labute approximate surface area is 153 Å². The Bertz CT molecular complexity index is 781. The lowest BCUT2D eigenvalue weighted by Gasteiger charge is -2.34. The average molecular weight is 354 g/mol. The number of carbonyl (C=O) groups is 2. The van der Waals surface area contributed by atoms with E-state index in [1.165, 1.54) is 17.7 Å². The fourth-order valence-corrected chi connectivity index (χ4v) is 3.13. The van der Waals surface area contributed by atoms with Gasteiger partial charge in [0.1, 0.15) is 5.82 Å². The minimum atomic E-state index is -0.408. The number of amides is 1. The SMILES string of the molecule is CCc1ccc(C(=O)CN2CCN(C(=O)c3cccc(F)c3)CC2)cc1. The Balaban J connectivity index is 1.53. The summed E-state index contributed by atoms with van der Waals surface area (Å²) in [7, 11) is 0. The molecule has 1 aliphatic heterocycles. The molecular weight excluding hydrogens is 331 g/mol. The van der Waals surface area contributed by atoms with Gasteiger partial charge in [-0.1, -0.05) is 37.3 Å². The minimum Gasteiger partial charge on any atom is -0.336 e. The van der Waals surface area contributed by atoms with Gasteiger partial charge in [-0.05, 0) is 30.2 Å². The third-order valence-corrected chi connectivity index (χ3v) is 4.78. The summed E-state index contributed by atoms with van der Waals surface area (Å²) in [5.74, 6) is -0.475. The predicted molar refractivity (Wildman–Crippen MR) is 98.9 cm³/mol. The molecule has 4 nitrogen and oxygen atoms in total. The van der Waals surface area contributed by atoms with Crippen LogP contribution in [0.2, 0.25) is 0 Å². The number of halogens is 1. The summed E-state index contributed by atoms with van der Waals surface area (Å²) in [5, 5.41) is 0. The third kappa shape index (κ3) is 4.35. The van der Waals surface area contributed by atoms with Gasteiger partial charge in [-0.2, -0.15) is 0 Å². The van der Waals surface area contributed by atoms with Crippen LogP contribution in [-0.4, -0.2) is 54.2 Å². The standard InChI is InChI=1S/C21H23FN2O2/c1-2-16-6-8-17(9-7-16)20(25)15-23-10-12-24(13-11-23)21(26)18-4-3-5-19(22)14-18/h3-9,14H,2,10-13,15H2,1H3. The van der Waals surface area contributed by atoms with E-state index in [9.17, 15) is 14.0 Å². The number of carbonyl (C=O) groups excluding carboxylic acids is 2. The molecule has 0 unspecified atom stereocenters. The lowest BCUT2D eigenvalue weighted by molar-refractivity contribution is 0.0624. The zero-order valence-corrected chi connectivity index (χ0v) is 15.0. The molecule has 5 heteroatoms. The van der Waals surface area contributed by atoms with Crippen LogP contribution in [0, 0.1) is 5.82 Å². The number of hydrogen-bond donors (Lipinski definition) is 0. The van der Waals surface area contributed by atoms with E-state index < -0.39 is 5.82 Å². The highest BCUT2D eigenvalue weighted by Crippen LogP contribution is 2.12. The lowest BCUT2D eigenvalue weighted by Crippen LogP contribution is -2.49. The first-order valence-electron chi connectivity index (χ1n) is 8.96. The summed E-state index contributed by atoms with van der Waals surface area (Å²) in [6.45, 7) is 4.80. The quantitative estimate of drug-likeness (QED) is 0.775. The van der Waals surface area contributed by atoms with Crippen molar-refractivity contribution >= 4 is 11.7 Å². The minimum absolute atomic E-state index is 0.0950. The van der Waals surface area contributed by atoms with Crippen molar-refractivity contribution in [2.75, 3.05) is 32.7 Å². The Morgan fingerprint density at radius 2 is 1.65 bits per heavy atom. The molecule has 0 bridgehead atoms. The number of nitrogens with zero attached hydrogens (tertiary/aromatic N) is 2. The fourth-order valence-electron chi connectivity index (χ4n) is 3.13. The summed E-state index contributed by atoms with van der Waals surface area (Å²) in [4.78, 5) is 28.6. The molecule has 2 aromatic carbocycles. The molecule has 2 aromatic rings. The van der Waals surface area contributed by atoms with Crippen molar-refractivity contribution in [2.45, 2.75) is 13.3 Å². The largest absolute Gasteiger partial charge is 0.336 e. The molecule has 0 N–H and O–H groups in total. The average Bonchev–Trinajstić information content (AvgIpc) is 2.68. The maximum absolute atomic E-state index is 13.3. The molecule has 0 spiro atoms. The number of hydrogen-bond acceptors (Lipinski definition) is 3. The van der Waals surface area contributed by atoms with Gasteiger partial charge in [-0.25, -0.2) is 4.39 Å². The molecule has 1 saturated heterocycles. The number of ketones is 1. The van der Waals surface area contributed by atoms with Gasteiger partial charge >= 0.3 is 0 Å². The summed E-state index contributed by atoms with van der Waals surface area (Å²) in [5.41, 5.74) is 2.30. The highest BCUT2D eigenvalue weighted by molar-refractivity contribution is 5.97.